The van der Waals surface area contributed by atoms with Gasteiger partial charge in [0, 0.05) is 12.6 Å². The summed E-state index contributed by atoms with van der Waals surface area (Å²) < 4.78 is 5.17. The van der Waals surface area contributed by atoms with Crippen LogP contribution in [0.1, 0.15) is 19.3 Å². The molecule has 0 amide bonds. The number of rotatable bonds is 3. The lowest BCUT2D eigenvalue weighted by molar-refractivity contribution is 0.118. The van der Waals surface area contributed by atoms with E-state index in [0.717, 1.165) is 12.8 Å². The fraction of sp³-hybridized carbons (Fsp3) is 1.00. The molecule has 2 rings (SSSR count). The van der Waals surface area contributed by atoms with Gasteiger partial charge in [-0.25, -0.2) is 0 Å². The molecule has 1 saturated carbocycles. The van der Waals surface area contributed by atoms with E-state index in [2.05, 4.69) is 5.32 Å². The average molecular weight is 201 g/mol. The normalized spacial score (nSPS) is 43.3. The molecule has 4 unspecified atom stereocenters. The second-order valence-corrected chi connectivity index (χ2v) is 4.36. The summed E-state index contributed by atoms with van der Waals surface area (Å²) in [6, 6.07) is 0.425. The van der Waals surface area contributed by atoms with Crippen molar-refractivity contribution in [3.05, 3.63) is 0 Å². The van der Waals surface area contributed by atoms with E-state index in [1.807, 2.05) is 0 Å². The van der Waals surface area contributed by atoms with Crippen LogP contribution in [0.4, 0.5) is 0 Å². The Morgan fingerprint density at radius 3 is 2.71 bits per heavy atom. The zero-order valence-corrected chi connectivity index (χ0v) is 8.35. The molecule has 14 heavy (non-hydrogen) atoms. The first-order chi connectivity index (χ1) is 6.81. The Kier molecular flexibility index (Phi) is 3.38. The van der Waals surface area contributed by atoms with Crippen LogP contribution >= 0.6 is 0 Å². The first-order valence-electron chi connectivity index (χ1n) is 5.44. The van der Waals surface area contributed by atoms with Crippen molar-refractivity contribution in [3.8, 4) is 0 Å². The third-order valence-corrected chi connectivity index (χ3v) is 3.37. The molecule has 1 aliphatic carbocycles. The molecule has 0 aromatic carbocycles. The van der Waals surface area contributed by atoms with Crippen molar-refractivity contribution in [2.75, 3.05) is 19.8 Å². The molecule has 2 aliphatic rings. The van der Waals surface area contributed by atoms with E-state index in [1.54, 1.807) is 0 Å². The Morgan fingerprint density at radius 2 is 2.07 bits per heavy atom. The maximum absolute atomic E-state index is 9.56. The highest BCUT2D eigenvalue weighted by Crippen LogP contribution is 2.26. The molecule has 2 fully saturated rings. The molecule has 0 aromatic rings. The molecule has 4 nitrogen and oxygen atoms in total. The van der Waals surface area contributed by atoms with Gasteiger partial charge >= 0.3 is 0 Å². The molecular weight excluding hydrogens is 182 g/mol. The lowest BCUT2D eigenvalue weighted by atomic mass is 10.0. The number of aliphatic hydroxyl groups excluding tert-OH is 2. The summed E-state index contributed by atoms with van der Waals surface area (Å²) in [6.07, 6.45) is 2.99. The molecule has 4 heteroatoms. The van der Waals surface area contributed by atoms with E-state index in [9.17, 15) is 5.11 Å². The fourth-order valence-corrected chi connectivity index (χ4v) is 2.45. The van der Waals surface area contributed by atoms with Gasteiger partial charge < -0.3 is 20.3 Å². The van der Waals surface area contributed by atoms with Gasteiger partial charge in [0.25, 0.3) is 0 Å². The molecular formula is C10H19NO3. The Morgan fingerprint density at radius 1 is 1.21 bits per heavy atom. The number of ether oxygens (including phenoxy) is 1. The Bertz CT molecular complexity index is 188. The molecule has 1 saturated heterocycles. The zero-order valence-electron chi connectivity index (χ0n) is 8.35. The van der Waals surface area contributed by atoms with Crippen LogP contribution in [-0.4, -0.2) is 48.2 Å². The predicted molar refractivity (Wildman–Crippen MR) is 52.0 cm³/mol. The third kappa shape index (κ3) is 2.08. The summed E-state index contributed by atoms with van der Waals surface area (Å²) in [5, 5.41) is 22.1. The van der Waals surface area contributed by atoms with Crippen LogP contribution in [0.25, 0.3) is 0 Å². The largest absolute Gasteiger partial charge is 0.396 e. The zero-order chi connectivity index (χ0) is 9.97. The van der Waals surface area contributed by atoms with Crippen molar-refractivity contribution >= 4 is 0 Å². The van der Waals surface area contributed by atoms with Gasteiger partial charge in [-0.15, -0.1) is 0 Å². The fourth-order valence-electron chi connectivity index (χ4n) is 2.45. The molecule has 0 spiro atoms. The summed E-state index contributed by atoms with van der Waals surface area (Å²) >= 11 is 0. The number of nitrogens with one attached hydrogen (secondary N) is 1. The molecule has 3 N–H and O–H groups in total. The quantitative estimate of drug-likeness (QED) is 0.576. The molecule has 1 aliphatic heterocycles. The average Bonchev–Trinajstić information content (AvgIpc) is 2.77. The standard InChI is InChI=1S/C10H19NO3/c12-4-7-2-1-3-8(7)11-9-5-14-6-10(9)13/h7-13H,1-6H2. The molecule has 0 aromatic heterocycles. The molecule has 0 radical (unpaired) electrons. The van der Waals surface area contributed by atoms with Gasteiger partial charge in [0.2, 0.25) is 0 Å². The summed E-state index contributed by atoms with van der Waals surface area (Å²) in [6.45, 7) is 1.28. The van der Waals surface area contributed by atoms with Gasteiger partial charge in [-0.05, 0) is 18.8 Å². The van der Waals surface area contributed by atoms with Crippen LogP contribution in [-0.2, 0) is 4.74 Å². The van der Waals surface area contributed by atoms with E-state index in [0.29, 0.717) is 25.2 Å². The van der Waals surface area contributed by atoms with Crippen LogP contribution in [0.2, 0.25) is 0 Å². The monoisotopic (exact) mass is 201 g/mol. The molecule has 1 heterocycles. The molecule has 82 valence electrons. The van der Waals surface area contributed by atoms with Crippen molar-refractivity contribution < 1.29 is 14.9 Å². The predicted octanol–water partition coefficient (Wildman–Crippen LogP) is -0.503. The highest BCUT2D eigenvalue weighted by Gasteiger charge is 2.33. The number of aliphatic hydroxyl groups is 2. The van der Waals surface area contributed by atoms with E-state index in [-0.39, 0.29) is 18.8 Å². The van der Waals surface area contributed by atoms with Crippen molar-refractivity contribution in [3.63, 3.8) is 0 Å². The summed E-state index contributed by atoms with van der Waals surface area (Å²) in [7, 11) is 0. The van der Waals surface area contributed by atoms with Crippen molar-refractivity contribution in [2.45, 2.75) is 37.5 Å². The third-order valence-electron chi connectivity index (χ3n) is 3.37. The first-order valence-corrected chi connectivity index (χ1v) is 5.44. The second-order valence-electron chi connectivity index (χ2n) is 4.36. The smallest absolute Gasteiger partial charge is 0.0948 e. The van der Waals surface area contributed by atoms with Gasteiger partial charge in [0.1, 0.15) is 0 Å². The van der Waals surface area contributed by atoms with Crippen molar-refractivity contribution in [1.29, 1.82) is 0 Å². The van der Waals surface area contributed by atoms with E-state index in [4.69, 9.17) is 9.84 Å². The van der Waals surface area contributed by atoms with Crippen LogP contribution in [0.5, 0.6) is 0 Å². The lowest BCUT2D eigenvalue weighted by Gasteiger charge is -2.24. The SMILES string of the molecule is OCC1CCCC1NC1COCC1O. The minimum Gasteiger partial charge on any atom is -0.396 e. The van der Waals surface area contributed by atoms with Crippen LogP contribution < -0.4 is 5.32 Å². The Hall–Kier alpha value is -0.160. The topological polar surface area (TPSA) is 61.7 Å². The van der Waals surface area contributed by atoms with Gasteiger partial charge in [-0.1, -0.05) is 6.42 Å². The minimum absolute atomic E-state index is 0.0622. The highest BCUT2D eigenvalue weighted by molar-refractivity contribution is 4.89. The Balaban J connectivity index is 1.83. The van der Waals surface area contributed by atoms with Crippen LogP contribution in [0.3, 0.4) is 0 Å². The lowest BCUT2D eigenvalue weighted by Crippen LogP contribution is -2.46. The summed E-state index contributed by atoms with van der Waals surface area (Å²) in [5.74, 6) is 0.364. The van der Waals surface area contributed by atoms with Crippen molar-refractivity contribution in [2.24, 2.45) is 5.92 Å². The van der Waals surface area contributed by atoms with Crippen molar-refractivity contribution in [1.82, 2.24) is 5.32 Å². The summed E-state index contributed by atoms with van der Waals surface area (Å²) in [4.78, 5) is 0. The van der Waals surface area contributed by atoms with Crippen LogP contribution in [0, 0.1) is 5.92 Å². The van der Waals surface area contributed by atoms with E-state index >= 15 is 0 Å². The number of hydrogen-bond donors (Lipinski definition) is 3. The molecule has 0 bridgehead atoms. The van der Waals surface area contributed by atoms with E-state index in [1.165, 1.54) is 6.42 Å². The maximum Gasteiger partial charge on any atom is 0.0948 e. The minimum atomic E-state index is -0.380. The Labute approximate surface area is 84.3 Å². The molecule has 4 atom stereocenters. The van der Waals surface area contributed by atoms with Gasteiger partial charge in [0.05, 0.1) is 25.4 Å². The highest BCUT2D eigenvalue weighted by atomic mass is 16.5. The van der Waals surface area contributed by atoms with Crippen LogP contribution in [0.15, 0.2) is 0 Å². The number of hydrogen-bond acceptors (Lipinski definition) is 4. The first kappa shape index (κ1) is 10.4. The summed E-state index contributed by atoms with van der Waals surface area (Å²) in [5.41, 5.74) is 0. The van der Waals surface area contributed by atoms with Gasteiger partial charge in [0.15, 0.2) is 0 Å². The van der Waals surface area contributed by atoms with E-state index < -0.39 is 0 Å². The maximum atomic E-state index is 9.56. The van der Waals surface area contributed by atoms with Gasteiger partial charge in [-0.3, -0.25) is 0 Å². The second kappa shape index (κ2) is 4.57. The van der Waals surface area contributed by atoms with Gasteiger partial charge in [-0.2, -0.15) is 0 Å².